The highest BCUT2D eigenvalue weighted by atomic mass is 35.5. The molecule has 2 fully saturated rings. The molecule has 1 atom stereocenters. The number of benzene rings is 2. The molecule has 5 rings (SSSR count). The van der Waals surface area contributed by atoms with Crippen LogP contribution in [0, 0.1) is 11.3 Å². The molecular formula is C24H25ClN4O2. The van der Waals surface area contributed by atoms with E-state index in [1.54, 1.807) is 12.4 Å². The number of nitrogens with zero attached hydrogens (tertiary/aromatic N) is 3. The third kappa shape index (κ3) is 4.18. The van der Waals surface area contributed by atoms with Gasteiger partial charge in [-0.25, -0.2) is 0 Å². The van der Waals surface area contributed by atoms with Crippen LogP contribution in [0.15, 0.2) is 67.0 Å². The highest BCUT2D eigenvalue weighted by molar-refractivity contribution is 6.30. The van der Waals surface area contributed by atoms with Crippen molar-refractivity contribution in [1.29, 1.82) is 0 Å². The van der Waals surface area contributed by atoms with Crippen molar-refractivity contribution < 1.29 is 9.53 Å². The summed E-state index contributed by atoms with van der Waals surface area (Å²) >= 11 is 6.18. The van der Waals surface area contributed by atoms with Crippen molar-refractivity contribution >= 4 is 17.5 Å². The number of aromatic amines is 1. The number of carbonyl (C=O) groups is 1. The topological polar surface area (TPSA) is 61.5 Å². The Labute approximate surface area is 186 Å². The SMILES string of the molecule is O=C(c1cn[nH]c1)N1CC2(CN(Cc3cccc(Cl)c3)CC2COc2ccccc2)C1. The van der Waals surface area contributed by atoms with Crippen LogP contribution >= 0.6 is 11.6 Å². The van der Waals surface area contributed by atoms with Crippen LogP contribution in [0.4, 0.5) is 0 Å². The largest absolute Gasteiger partial charge is 0.493 e. The van der Waals surface area contributed by atoms with Gasteiger partial charge in [-0.2, -0.15) is 5.10 Å². The summed E-state index contributed by atoms with van der Waals surface area (Å²) in [5, 5.41) is 7.39. The Morgan fingerprint density at radius 2 is 2.00 bits per heavy atom. The van der Waals surface area contributed by atoms with Gasteiger partial charge in [-0.1, -0.05) is 41.9 Å². The molecule has 0 bridgehead atoms. The molecular weight excluding hydrogens is 412 g/mol. The van der Waals surface area contributed by atoms with E-state index in [2.05, 4.69) is 21.2 Å². The third-order valence-electron chi connectivity index (χ3n) is 6.42. The Balaban J connectivity index is 1.29. The second-order valence-corrected chi connectivity index (χ2v) is 9.07. The van der Waals surface area contributed by atoms with Gasteiger partial charge in [-0.3, -0.25) is 14.8 Å². The maximum absolute atomic E-state index is 12.7. The summed E-state index contributed by atoms with van der Waals surface area (Å²) < 4.78 is 6.14. The lowest BCUT2D eigenvalue weighted by atomic mass is 9.71. The fourth-order valence-electron chi connectivity index (χ4n) is 4.87. The fraction of sp³-hybridized carbons (Fsp3) is 0.333. The molecule has 2 aliphatic heterocycles. The van der Waals surface area contributed by atoms with E-state index >= 15 is 0 Å². The Kier molecular flexibility index (Phi) is 5.42. The molecule has 3 heterocycles. The minimum Gasteiger partial charge on any atom is -0.493 e. The molecule has 7 heteroatoms. The number of hydrogen-bond donors (Lipinski definition) is 1. The number of para-hydroxylation sites is 1. The molecule has 1 N–H and O–H groups in total. The van der Waals surface area contributed by atoms with Gasteiger partial charge in [-0.05, 0) is 29.8 Å². The predicted octanol–water partition coefficient (Wildman–Crippen LogP) is 3.72. The number of likely N-dealkylation sites (tertiary alicyclic amines) is 2. The molecule has 2 aliphatic rings. The van der Waals surface area contributed by atoms with Gasteiger partial charge >= 0.3 is 0 Å². The number of aromatic nitrogens is 2. The summed E-state index contributed by atoms with van der Waals surface area (Å²) in [5.41, 5.74) is 1.87. The zero-order valence-corrected chi connectivity index (χ0v) is 18.0. The minimum atomic E-state index is 0.0374. The lowest BCUT2D eigenvalue weighted by Gasteiger charge is -2.51. The van der Waals surface area contributed by atoms with Crippen molar-refractivity contribution in [2.24, 2.45) is 11.3 Å². The highest BCUT2D eigenvalue weighted by Crippen LogP contribution is 2.45. The first-order valence-electron chi connectivity index (χ1n) is 10.5. The zero-order chi connectivity index (χ0) is 21.3. The van der Waals surface area contributed by atoms with E-state index in [0.29, 0.717) is 18.1 Å². The smallest absolute Gasteiger partial charge is 0.257 e. The van der Waals surface area contributed by atoms with Gasteiger partial charge < -0.3 is 9.64 Å². The summed E-state index contributed by atoms with van der Waals surface area (Å²) in [4.78, 5) is 17.1. The maximum atomic E-state index is 12.7. The average molecular weight is 437 g/mol. The molecule has 0 radical (unpaired) electrons. The number of hydrogen-bond acceptors (Lipinski definition) is 4. The summed E-state index contributed by atoms with van der Waals surface area (Å²) in [6.07, 6.45) is 3.24. The Hall–Kier alpha value is -2.83. The Morgan fingerprint density at radius 1 is 1.16 bits per heavy atom. The molecule has 1 aromatic heterocycles. The quantitative estimate of drug-likeness (QED) is 0.639. The van der Waals surface area contributed by atoms with E-state index in [1.807, 2.05) is 53.4 Å². The number of halogens is 1. The third-order valence-corrected chi connectivity index (χ3v) is 6.65. The predicted molar refractivity (Wildman–Crippen MR) is 119 cm³/mol. The number of ether oxygens (including phenoxy) is 1. The van der Waals surface area contributed by atoms with Crippen LogP contribution in [0.1, 0.15) is 15.9 Å². The van der Waals surface area contributed by atoms with Crippen LogP contribution in [0.3, 0.4) is 0 Å². The van der Waals surface area contributed by atoms with Crippen molar-refractivity contribution in [3.63, 3.8) is 0 Å². The standard InChI is InChI=1S/C24H25ClN4O2/c25-21-6-4-5-18(9-21)12-28-13-20(14-31-22-7-2-1-3-8-22)24(15-28)16-29(17-24)23(30)19-10-26-27-11-19/h1-11,20H,12-17H2,(H,26,27). The van der Waals surface area contributed by atoms with E-state index in [4.69, 9.17) is 16.3 Å². The number of amides is 1. The maximum Gasteiger partial charge on any atom is 0.257 e. The minimum absolute atomic E-state index is 0.0374. The Morgan fingerprint density at radius 3 is 2.74 bits per heavy atom. The molecule has 2 saturated heterocycles. The first kappa shape index (κ1) is 20.1. The van der Waals surface area contributed by atoms with Crippen molar-refractivity contribution in [2.75, 3.05) is 32.8 Å². The Bertz CT molecular complexity index is 1030. The average Bonchev–Trinajstić information content (AvgIpc) is 3.40. The lowest BCUT2D eigenvalue weighted by Crippen LogP contribution is -2.62. The van der Waals surface area contributed by atoms with Gasteiger partial charge in [0.1, 0.15) is 5.75 Å². The molecule has 1 spiro atoms. The van der Waals surface area contributed by atoms with Crippen LogP contribution in [0.5, 0.6) is 5.75 Å². The summed E-state index contributed by atoms with van der Waals surface area (Å²) in [6, 6.07) is 18.0. The first-order chi connectivity index (χ1) is 15.1. The van der Waals surface area contributed by atoms with Crippen LogP contribution in [-0.4, -0.2) is 58.7 Å². The molecule has 160 valence electrons. The van der Waals surface area contributed by atoms with Gasteiger partial charge in [0.15, 0.2) is 0 Å². The molecule has 31 heavy (non-hydrogen) atoms. The second-order valence-electron chi connectivity index (χ2n) is 8.63. The number of rotatable bonds is 6. The van der Waals surface area contributed by atoms with E-state index < -0.39 is 0 Å². The molecule has 2 aromatic carbocycles. The van der Waals surface area contributed by atoms with Gasteiger partial charge in [0.25, 0.3) is 5.91 Å². The lowest BCUT2D eigenvalue weighted by molar-refractivity contribution is -0.0204. The van der Waals surface area contributed by atoms with Crippen LogP contribution in [-0.2, 0) is 6.54 Å². The molecule has 6 nitrogen and oxygen atoms in total. The highest BCUT2D eigenvalue weighted by Gasteiger charge is 2.55. The number of nitrogens with one attached hydrogen (secondary N) is 1. The molecule has 1 unspecified atom stereocenters. The second kappa shape index (κ2) is 8.36. The fourth-order valence-corrected chi connectivity index (χ4v) is 5.08. The van der Waals surface area contributed by atoms with Gasteiger partial charge in [0, 0.05) is 55.3 Å². The van der Waals surface area contributed by atoms with E-state index in [0.717, 1.165) is 43.5 Å². The molecule has 1 amide bonds. The van der Waals surface area contributed by atoms with Crippen molar-refractivity contribution in [1.82, 2.24) is 20.0 Å². The molecule has 0 aliphatic carbocycles. The van der Waals surface area contributed by atoms with Crippen LogP contribution in [0.2, 0.25) is 5.02 Å². The van der Waals surface area contributed by atoms with E-state index in [-0.39, 0.29) is 11.3 Å². The van der Waals surface area contributed by atoms with Crippen LogP contribution in [0.25, 0.3) is 0 Å². The van der Waals surface area contributed by atoms with Crippen molar-refractivity contribution in [2.45, 2.75) is 6.54 Å². The molecule has 0 saturated carbocycles. The monoisotopic (exact) mass is 436 g/mol. The van der Waals surface area contributed by atoms with Gasteiger partial charge in [0.05, 0.1) is 18.4 Å². The van der Waals surface area contributed by atoms with E-state index in [9.17, 15) is 4.79 Å². The summed E-state index contributed by atoms with van der Waals surface area (Å²) in [5.74, 6) is 1.27. The normalized spacial score (nSPS) is 20.0. The van der Waals surface area contributed by atoms with Gasteiger partial charge in [-0.15, -0.1) is 0 Å². The summed E-state index contributed by atoms with van der Waals surface area (Å²) in [7, 11) is 0. The van der Waals surface area contributed by atoms with E-state index in [1.165, 1.54) is 5.56 Å². The summed E-state index contributed by atoms with van der Waals surface area (Å²) in [6.45, 7) is 4.85. The van der Waals surface area contributed by atoms with Crippen LogP contribution < -0.4 is 4.74 Å². The van der Waals surface area contributed by atoms with Crippen molar-refractivity contribution in [3.8, 4) is 5.75 Å². The number of H-pyrrole nitrogens is 1. The van der Waals surface area contributed by atoms with Gasteiger partial charge in [0.2, 0.25) is 0 Å². The number of carbonyl (C=O) groups excluding carboxylic acids is 1. The van der Waals surface area contributed by atoms with Crippen molar-refractivity contribution in [3.05, 3.63) is 83.1 Å². The zero-order valence-electron chi connectivity index (χ0n) is 17.2. The first-order valence-corrected chi connectivity index (χ1v) is 10.9. The molecule has 3 aromatic rings.